The minimum absolute atomic E-state index is 0.263. The van der Waals surface area contributed by atoms with Gasteiger partial charge in [0.25, 0.3) is 0 Å². The van der Waals surface area contributed by atoms with Crippen LogP contribution in [0.5, 0.6) is 17.2 Å². The number of β-amino-alcohol motifs (C(OH)–C–C–N with tert-alkyl or cyclic N) is 1. The number of nitrogens with zero attached hydrogens (tertiary/aromatic N) is 1. The molecule has 4 aromatic rings. The van der Waals surface area contributed by atoms with Crippen molar-refractivity contribution in [3.63, 3.8) is 0 Å². The Morgan fingerprint density at radius 1 is 0.706 bits per heavy atom. The number of hydrogen-bond acceptors (Lipinski definition) is 4. The van der Waals surface area contributed by atoms with Gasteiger partial charge in [0.05, 0.1) is 0 Å². The van der Waals surface area contributed by atoms with E-state index in [-0.39, 0.29) is 6.61 Å². The topological polar surface area (TPSA) is 41.9 Å². The summed E-state index contributed by atoms with van der Waals surface area (Å²) in [4.78, 5) is 2.30. The third-order valence-corrected chi connectivity index (χ3v) is 6.10. The predicted molar refractivity (Wildman–Crippen MR) is 135 cm³/mol. The molecule has 1 unspecified atom stereocenters. The van der Waals surface area contributed by atoms with E-state index in [2.05, 4.69) is 41.3 Å². The number of hydrogen-bond donors (Lipinski definition) is 1. The molecular weight excluding hydrogens is 422 g/mol. The Morgan fingerprint density at radius 3 is 2.15 bits per heavy atom. The molecule has 5 rings (SSSR count). The molecule has 4 heteroatoms. The molecule has 0 spiro atoms. The molecule has 1 aliphatic rings. The molecule has 4 nitrogen and oxygen atoms in total. The normalized spacial score (nSPS) is 14.3. The van der Waals surface area contributed by atoms with Crippen LogP contribution in [0.15, 0.2) is 103 Å². The van der Waals surface area contributed by atoms with Crippen LogP contribution < -0.4 is 9.47 Å². The van der Waals surface area contributed by atoms with Crippen molar-refractivity contribution in [1.82, 2.24) is 4.90 Å². The maximum Gasteiger partial charge on any atom is 0.128 e. The molecule has 0 amide bonds. The van der Waals surface area contributed by atoms with Gasteiger partial charge >= 0.3 is 0 Å². The predicted octanol–water partition coefficient (Wildman–Crippen LogP) is 5.94. The van der Waals surface area contributed by atoms with E-state index in [9.17, 15) is 5.11 Å². The molecule has 0 aliphatic carbocycles. The van der Waals surface area contributed by atoms with Crippen LogP contribution in [0.2, 0.25) is 0 Å². The van der Waals surface area contributed by atoms with Crippen molar-refractivity contribution in [2.45, 2.75) is 19.1 Å². The van der Waals surface area contributed by atoms with Gasteiger partial charge in [0, 0.05) is 19.6 Å². The lowest BCUT2D eigenvalue weighted by molar-refractivity contribution is 0.0638. The first kappa shape index (κ1) is 22.2. The SMILES string of the molecule is OC(COc1cccc(-c2cccc(Oc3ccccc3)c2)c1)CN1CCc2ccccc2C1. The summed E-state index contributed by atoms with van der Waals surface area (Å²) < 4.78 is 11.9. The van der Waals surface area contributed by atoms with Gasteiger partial charge in [0.1, 0.15) is 30.0 Å². The smallest absolute Gasteiger partial charge is 0.128 e. The van der Waals surface area contributed by atoms with Gasteiger partial charge in [-0.3, -0.25) is 4.90 Å². The van der Waals surface area contributed by atoms with Crippen LogP contribution in [-0.2, 0) is 13.0 Å². The monoisotopic (exact) mass is 451 g/mol. The first-order valence-corrected chi connectivity index (χ1v) is 11.8. The largest absolute Gasteiger partial charge is 0.491 e. The molecule has 1 N–H and O–H groups in total. The average molecular weight is 452 g/mol. The third-order valence-electron chi connectivity index (χ3n) is 6.10. The fourth-order valence-corrected chi connectivity index (χ4v) is 4.38. The van der Waals surface area contributed by atoms with Gasteiger partial charge in [-0.1, -0.05) is 66.7 Å². The quantitative estimate of drug-likeness (QED) is 0.360. The highest BCUT2D eigenvalue weighted by atomic mass is 16.5. The molecule has 172 valence electrons. The van der Waals surface area contributed by atoms with E-state index in [1.807, 2.05) is 66.7 Å². The van der Waals surface area contributed by atoms with E-state index >= 15 is 0 Å². The zero-order valence-electron chi connectivity index (χ0n) is 19.1. The average Bonchev–Trinajstić information content (AvgIpc) is 2.88. The Kier molecular flexibility index (Phi) is 6.89. The summed E-state index contributed by atoms with van der Waals surface area (Å²) in [7, 11) is 0. The van der Waals surface area contributed by atoms with Crippen molar-refractivity contribution in [1.29, 1.82) is 0 Å². The first-order valence-electron chi connectivity index (χ1n) is 11.8. The Morgan fingerprint density at radius 2 is 1.35 bits per heavy atom. The van der Waals surface area contributed by atoms with Gasteiger partial charge in [-0.05, 0) is 65.1 Å². The number of ether oxygens (including phenoxy) is 2. The lowest BCUT2D eigenvalue weighted by Gasteiger charge is -2.30. The van der Waals surface area contributed by atoms with Gasteiger partial charge in [0.15, 0.2) is 0 Å². The minimum Gasteiger partial charge on any atom is -0.491 e. The van der Waals surface area contributed by atoms with Gasteiger partial charge in [0.2, 0.25) is 0 Å². The highest BCUT2D eigenvalue weighted by molar-refractivity contribution is 5.66. The Labute approximate surface area is 201 Å². The molecule has 4 aromatic carbocycles. The lowest BCUT2D eigenvalue weighted by atomic mass is 10.00. The summed E-state index contributed by atoms with van der Waals surface area (Å²) in [5.74, 6) is 2.34. The zero-order valence-corrected chi connectivity index (χ0v) is 19.1. The molecule has 1 heterocycles. The second kappa shape index (κ2) is 10.6. The van der Waals surface area contributed by atoms with E-state index in [1.54, 1.807) is 0 Å². The third kappa shape index (κ3) is 5.66. The molecule has 0 saturated heterocycles. The molecule has 1 aliphatic heterocycles. The number of aliphatic hydroxyl groups excluding tert-OH is 1. The van der Waals surface area contributed by atoms with Crippen LogP contribution in [0.25, 0.3) is 11.1 Å². The van der Waals surface area contributed by atoms with Crippen LogP contribution >= 0.6 is 0 Å². The maximum absolute atomic E-state index is 10.6. The number of para-hydroxylation sites is 1. The summed E-state index contributed by atoms with van der Waals surface area (Å²) in [5.41, 5.74) is 4.86. The second-order valence-corrected chi connectivity index (χ2v) is 8.69. The second-order valence-electron chi connectivity index (χ2n) is 8.69. The number of benzene rings is 4. The van der Waals surface area contributed by atoms with Crippen molar-refractivity contribution in [3.05, 3.63) is 114 Å². The van der Waals surface area contributed by atoms with E-state index in [1.165, 1.54) is 11.1 Å². The van der Waals surface area contributed by atoms with Crippen LogP contribution in [0.1, 0.15) is 11.1 Å². The van der Waals surface area contributed by atoms with Crippen LogP contribution in [0, 0.1) is 0 Å². The van der Waals surface area contributed by atoms with Crippen molar-refractivity contribution < 1.29 is 14.6 Å². The zero-order chi connectivity index (χ0) is 23.2. The molecule has 34 heavy (non-hydrogen) atoms. The van der Waals surface area contributed by atoms with Crippen LogP contribution in [0.3, 0.4) is 0 Å². The highest BCUT2D eigenvalue weighted by Crippen LogP contribution is 2.29. The fraction of sp³-hybridized carbons (Fsp3) is 0.200. The molecule has 0 fully saturated rings. The van der Waals surface area contributed by atoms with Gasteiger partial charge in [-0.25, -0.2) is 0 Å². The van der Waals surface area contributed by atoms with E-state index in [0.717, 1.165) is 47.9 Å². The van der Waals surface area contributed by atoms with E-state index in [4.69, 9.17) is 9.47 Å². The minimum atomic E-state index is -0.545. The molecular formula is C30H29NO3. The Bertz CT molecular complexity index is 1220. The highest BCUT2D eigenvalue weighted by Gasteiger charge is 2.18. The molecule has 0 bridgehead atoms. The summed E-state index contributed by atoms with van der Waals surface area (Å²) in [5, 5.41) is 10.6. The number of fused-ring (bicyclic) bond motifs is 1. The van der Waals surface area contributed by atoms with Crippen molar-refractivity contribution >= 4 is 0 Å². The molecule has 0 aromatic heterocycles. The molecule has 0 saturated carbocycles. The van der Waals surface area contributed by atoms with Gasteiger partial charge < -0.3 is 14.6 Å². The fourth-order valence-electron chi connectivity index (χ4n) is 4.38. The molecule has 0 radical (unpaired) electrons. The van der Waals surface area contributed by atoms with Gasteiger partial charge in [-0.2, -0.15) is 0 Å². The summed E-state index contributed by atoms with van der Waals surface area (Å²) >= 11 is 0. The van der Waals surface area contributed by atoms with Crippen LogP contribution in [0.4, 0.5) is 0 Å². The van der Waals surface area contributed by atoms with Crippen molar-refractivity contribution in [2.75, 3.05) is 19.7 Å². The van der Waals surface area contributed by atoms with Gasteiger partial charge in [-0.15, -0.1) is 0 Å². The summed E-state index contributed by atoms with van der Waals surface area (Å²) in [6.07, 6.45) is 0.482. The lowest BCUT2D eigenvalue weighted by Crippen LogP contribution is -2.38. The first-order chi connectivity index (χ1) is 16.7. The van der Waals surface area contributed by atoms with E-state index in [0.29, 0.717) is 6.54 Å². The Hall–Kier alpha value is -3.60. The molecule has 1 atom stereocenters. The Balaban J connectivity index is 1.18. The van der Waals surface area contributed by atoms with Crippen molar-refractivity contribution in [3.8, 4) is 28.4 Å². The summed E-state index contributed by atoms with van der Waals surface area (Å²) in [6, 6.07) is 34.3. The maximum atomic E-state index is 10.6. The van der Waals surface area contributed by atoms with Crippen molar-refractivity contribution in [2.24, 2.45) is 0 Å². The van der Waals surface area contributed by atoms with E-state index < -0.39 is 6.10 Å². The summed E-state index contributed by atoms with van der Waals surface area (Å²) in [6.45, 7) is 2.71. The number of rotatable bonds is 8. The van der Waals surface area contributed by atoms with Crippen LogP contribution in [-0.4, -0.2) is 35.8 Å². The standard InChI is InChI=1S/C30H29NO3/c32-27(21-31-17-16-23-8-4-5-9-26(23)20-31)22-33-29-14-6-10-24(18-29)25-11-7-15-30(19-25)34-28-12-2-1-3-13-28/h1-15,18-19,27,32H,16-17,20-22H2. The number of aliphatic hydroxyl groups is 1.